The zero-order valence-corrected chi connectivity index (χ0v) is 6.34. The molecule has 1 aliphatic carbocycles. The van der Waals surface area contributed by atoms with Gasteiger partial charge in [0.05, 0.1) is 6.10 Å². The topological polar surface area (TPSA) is 37.3 Å². The minimum absolute atomic E-state index is 0.167. The predicted octanol–water partition coefficient (Wildman–Crippen LogP) is 1.13. The lowest BCUT2D eigenvalue weighted by Crippen LogP contribution is -2.13. The minimum atomic E-state index is -0.313. The molecule has 0 aromatic heterocycles. The molecule has 2 heteroatoms. The van der Waals surface area contributed by atoms with Gasteiger partial charge in [-0.05, 0) is 26.2 Å². The standard InChI is InChI=1S/C8H14O2/c1-6(9)5-7-3-2-4-8(7)10/h6-7,9H,2-5H2,1H3/t6-,7+/m1/s1. The molecule has 0 aliphatic heterocycles. The van der Waals surface area contributed by atoms with E-state index in [4.69, 9.17) is 5.11 Å². The summed E-state index contributed by atoms with van der Waals surface area (Å²) in [6.45, 7) is 1.74. The molecule has 0 spiro atoms. The molecule has 0 amide bonds. The largest absolute Gasteiger partial charge is 0.393 e. The van der Waals surface area contributed by atoms with Crippen LogP contribution in [0.5, 0.6) is 0 Å². The molecule has 1 fully saturated rings. The first kappa shape index (κ1) is 7.73. The molecule has 0 aromatic carbocycles. The Labute approximate surface area is 61.2 Å². The molecule has 2 atom stereocenters. The molecule has 58 valence electrons. The maximum Gasteiger partial charge on any atom is 0.136 e. The normalized spacial score (nSPS) is 29.0. The van der Waals surface area contributed by atoms with E-state index in [-0.39, 0.29) is 12.0 Å². The van der Waals surface area contributed by atoms with Crippen molar-refractivity contribution in [3.05, 3.63) is 0 Å². The van der Waals surface area contributed by atoms with Crippen LogP contribution in [-0.2, 0) is 4.79 Å². The lowest BCUT2D eigenvalue weighted by Gasteiger charge is -2.08. The average molecular weight is 142 g/mol. The van der Waals surface area contributed by atoms with Crippen molar-refractivity contribution in [3.8, 4) is 0 Å². The van der Waals surface area contributed by atoms with Crippen LogP contribution in [0, 0.1) is 5.92 Å². The van der Waals surface area contributed by atoms with Crippen LogP contribution in [-0.4, -0.2) is 17.0 Å². The monoisotopic (exact) mass is 142 g/mol. The fourth-order valence-electron chi connectivity index (χ4n) is 1.55. The first-order valence-corrected chi connectivity index (χ1v) is 3.91. The maximum absolute atomic E-state index is 11.0. The lowest BCUT2D eigenvalue weighted by molar-refractivity contribution is -0.121. The van der Waals surface area contributed by atoms with Gasteiger partial charge < -0.3 is 5.11 Å². The highest BCUT2D eigenvalue weighted by Gasteiger charge is 2.24. The van der Waals surface area contributed by atoms with Gasteiger partial charge in [0.2, 0.25) is 0 Å². The van der Waals surface area contributed by atoms with Crippen molar-refractivity contribution < 1.29 is 9.90 Å². The zero-order valence-electron chi connectivity index (χ0n) is 6.34. The molecule has 1 aliphatic rings. The van der Waals surface area contributed by atoms with E-state index in [9.17, 15) is 4.79 Å². The van der Waals surface area contributed by atoms with Crippen LogP contribution in [0.2, 0.25) is 0 Å². The summed E-state index contributed by atoms with van der Waals surface area (Å²) in [6, 6.07) is 0. The molecule has 0 unspecified atom stereocenters. The Kier molecular flexibility index (Phi) is 2.44. The van der Waals surface area contributed by atoms with Crippen molar-refractivity contribution in [2.75, 3.05) is 0 Å². The van der Waals surface area contributed by atoms with Gasteiger partial charge in [-0.3, -0.25) is 4.79 Å². The summed E-state index contributed by atoms with van der Waals surface area (Å²) in [5.74, 6) is 0.515. The Balaban J connectivity index is 2.33. The van der Waals surface area contributed by atoms with E-state index in [1.165, 1.54) is 0 Å². The number of carbonyl (C=O) groups is 1. The summed E-state index contributed by atoms with van der Waals surface area (Å²) in [5, 5.41) is 8.98. The van der Waals surface area contributed by atoms with Gasteiger partial charge in [0, 0.05) is 12.3 Å². The number of aliphatic hydroxyl groups excluding tert-OH is 1. The van der Waals surface area contributed by atoms with Crippen LogP contribution in [0.1, 0.15) is 32.6 Å². The number of aliphatic hydroxyl groups is 1. The van der Waals surface area contributed by atoms with Gasteiger partial charge >= 0.3 is 0 Å². The van der Waals surface area contributed by atoms with Crippen LogP contribution < -0.4 is 0 Å². The Morgan fingerprint density at radius 3 is 2.90 bits per heavy atom. The second kappa shape index (κ2) is 3.15. The minimum Gasteiger partial charge on any atom is -0.393 e. The van der Waals surface area contributed by atoms with Crippen LogP contribution >= 0.6 is 0 Å². The number of ketones is 1. The Morgan fingerprint density at radius 1 is 1.80 bits per heavy atom. The van der Waals surface area contributed by atoms with Crippen LogP contribution in [0.15, 0.2) is 0 Å². The third kappa shape index (κ3) is 1.81. The van der Waals surface area contributed by atoms with E-state index in [0.29, 0.717) is 12.2 Å². The molecule has 0 bridgehead atoms. The molecule has 10 heavy (non-hydrogen) atoms. The van der Waals surface area contributed by atoms with Gasteiger partial charge in [0.1, 0.15) is 5.78 Å². The average Bonchev–Trinajstić information content (AvgIpc) is 2.15. The second-order valence-electron chi connectivity index (χ2n) is 3.14. The van der Waals surface area contributed by atoms with Gasteiger partial charge in [-0.15, -0.1) is 0 Å². The summed E-state index contributed by atoms with van der Waals surface area (Å²) >= 11 is 0. The molecule has 2 nitrogen and oxygen atoms in total. The van der Waals surface area contributed by atoms with Crippen molar-refractivity contribution in [3.63, 3.8) is 0 Å². The highest BCUT2D eigenvalue weighted by molar-refractivity contribution is 5.82. The van der Waals surface area contributed by atoms with Crippen LogP contribution in [0.3, 0.4) is 0 Å². The number of carbonyl (C=O) groups excluding carboxylic acids is 1. The molecule has 0 radical (unpaired) electrons. The summed E-state index contributed by atoms with van der Waals surface area (Å²) in [7, 11) is 0. The van der Waals surface area contributed by atoms with E-state index in [1.807, 2.05) is 0 Å². The fraction of sp³-hybridized carbons (Fsp3) is 0.875. The number of hydrogen-bond donors (Lipinski definition) is 1. The van der Waals surface area contributed by atoms with E-state index in [1.54, 1.807) is 6.92 Å². The van der Waals surface area contributed by atoms with E-state index in [2.05, 4.69) is 0 Å². The van der Waals surface area contributed by atoms with Crippen LogP contribution in [0.4, 0.5) is 0 Å². The Bertz CT molecular complexity index is 129. The summed E-state index contributed by atoms with van der Waals surface area (Å²) in [5.41, 5.74) is 0. The summed E-state index contributed by atoms with van der Waals surface area (Å²) < 4.78 is 0. The fourth-order valence-corrected chi connectivity index (χ4v) is 1.55. The van der Waals surface area contributed by atoms with Crippen molar-refractivity contribution in [1.29, 1.82) is 0 Å². The molecule has 0 heterocycles. The van der Waals surface area contributed by atoms with Crippen molar-refractivity contribution >= 4 is 5.78 Å². The molecular formula is C8H14O2. The molecule has 0 saturated heterocycles. The third-order valence-corrected chi connectivity index (χ3v) is 2.06. The maximum atomic E-state index is 11.0. The summed E-state index contributed by atoms with van der Waals surface area (Å²) in [6.07, 6.45) is 3.10. The predicted molar refractivity (Wildman–Crippen MR) is 38.6 cm³/mol. The van der Waals surface area contributed by atoms with E-state index in [0.717, 1.165) is 19.3 Å². The van der Waals surface area contributed by atoms with Gasteiger partial charge in [0.25, 0.3) is 0 Å². The van der Waals surface area contributed by atoms with Crippen LogP contribution in [0.25, 0.3) is 0 Å². The number of hydrogen-bond acceptors (Lipinski definition) is 2. The highest BCUT2D eigenvalue weighted by atomic mass is 16.3. The van der Waals surface area contributed by atoms with E-state index >= 15 is 0 Å². The molecular weight excluding hydrogens is 128 g/mol. The Morgan fingerprint density at radius 2 is 2.50 bits per heavy atom. The first-order chi connectivity index (χ1) is 4.70. The number of rotatable bonds is 2. The summed E-state index contributed by atoms with van der Waals surface area (Å²) in [4.78, 5) is 11.0. The third-order valence-electron chi connectivity index (χ3n) is 2.06. The van der Waals surface area contributed by atoms with Gasteiger partial charge in [-0.1, -0.05) is 0 Å². The first-order valence-electron chi connectivity index (χ1n) is 3.91. The van der Waals surface area contributed by atoms with Crippen molar-refractivity contribution in [1.82, 2.24) is 0 Å². The quantitative estimate of drug-likeness (QED) is 0.627. The molecule has 1 saturated carbocycles. The van der Waals surface area contributed by atoms with Gasteiger partial charge in [-0.2, -0.15) is 0 Å². The smallest absolute Gasteiger partial charge is 0.136 e. The second-order valence-corrected chi connectivity index (χ2v) is 3.14. The van der Waals surface area contributed by atoms with Gasteiger partial charge in [-0.25, -0.2) is 0 Å². The molecule has 1 rings (SSSR count). The van der Waals surface area contributed by atoms with E-state index < -0.39 is 0 Å². The number of Topliss-reactive ketones (excluding diaryl/α,β-unsaturated/α-hetero) is 1. The molecule has 0 aromatic rings. The van der Waals surface area contributed by atoms with Gasteiger partial charge in [0.15, 0.2) is 0 Å². The highest BCUT2D eigenvalue weighted by Crippen LogP contribution is 2.25. The SMILES string of the molecule is C[C@@H](O)C[C@@H]1CCCC1=O. The zero-order chi connectivity index (χ0) is 7.56. The van der Waals surface area contributed by atoms with Crippen molar-refractivity contribution in [2.45, 2.75) is 38.7 Å². The lowest BCUT2D eigenvalue weighted by atomic mass is 10.0. The Hall–Kier alpha value is -0.370. The van der Waals surface area contributed by atoms with Crippen molar-refractivity contribution in [2.24, 2.45) is 5.92 Å². The molecule has 1 N–H and O–H groups in total.